The summed E-state index contributed by atoms with van der Waals surface area (Å²) in [6.07, 6.45) is -0.127. The van der Waals surface area contributed by atoms with Gasteiger partial charge < -0.3 is 15.4 Å². The van der Waals surface area contributed by atoms with Crippen molar-refractivity contribution in [1.82, 2.24) is 5.32 Å². The zero-order valence-electron chi connectivity index (χ0n) is 10.5. The highest BCUT2D eigenvalue weighted by Crippen LogP contribution is 2.23. The fourth-order valence-corrected chi connectivity index (χ4v) is 2.16. The van der Waals surface area contributed by atoms with E-state index in [4.69, 9.17) is 16.3 Å². The largest absolute Gasteiger partial charge is 0.375 e. The van der Waals surface area contributed by atoms with Crippen LogP contribution in [0.3, 0.4) is 0 Å². The molecule has 1 aliphatic rings. The van der Waals surface area contributed by atoms with E-state index in [9.17, 15) is 4.79 Å². The summed E-state index contributed by atoms with van der Waals surface area (Å²) in [6, 6.07) is 5.14. The van der Waals surface area contributed by atoms with Gasteiger partial charge in [0.05, 0.1) is 12.7 Å². The number of halogens is 1. The van der Waals surface area contributed by atoms with Crippen LogP contribution in [0.2, 0.25) is 5.02 Å². The first-order valence-electron chi connectivity index (χ1n) is 6.00. The Hall–Kier alpha value is -1.10. The van der Waals surface area contributed by atoms with Gasteiger partial charge in [-0.2, -0.15) is 0 Å². The van der Waals surface area contributed by atoms with Gasteiger partial charge in [0.15, 0.2) is 0 Å². The third kappa shape index (κ3) is 2.83. The molecule has 0 radical (unpaired) electrons. The van der Waals surface area contributed by atoms with Gasteiger partial charge >= 0.3 is 0 Å². The minimum atomic E-state index is -0.322. The molecule has 1 saturated heterocycles. The minimum absolute atomic E-state index is 0.0902. The molecule has 1 aliphatic heterocycles. The summed E-state index contributed by atoms with van der Waals surface area (Å²) in [4.78, 5) is 12.1. The number of carbonyl (C=O) groups is 1. The monoisotopic (exact) mass is 268 g/mol. The summed E-state index contributed by atoms with van der Waals surface area (Å²) in [5.41, 5.74) is 1.61. The van der Waals surface area contributed by atoms with E-state index in [2.05, 4.69) is 10.6 Å². The average Bonchev–Trinajstić information content (AvgIpc) is 2.35. The normalized spacial score (nSPS) is 23.7. The number of amides is 1. The number of nitrogens with one attached hydrogen (secondary N) is 2. The van der Waals surface area contributed by atoms with Crippen LogP contribution in [0, 0.1) is 6.92 Å². The molecule has 2 rings (SSSR count). The highest BCUT2D eigenvalue weighted by molar-refractivity contribution is 6.31. The van der Waals surface area contributed by atoms with Gasteiger partial charge in [0.2, 0.25) is 5.91 Å². The molecule has 0 aromatic heterocycles. The molecule has 0 aliphatic carbocycles. The van der Waals surface area contributed by atoms with Crippen molar-refractivity contribution in [2.24, 2.45) is 0 Å². The molecule has 0 spiro atoms. The number of carbonyl (C=O) groups excluding carboxylic acids is 1. The predicted octanol–water partition coefficient (Wildman–Crippen LogP) is 1.96. The van der Waals surface area contributed by atoms with Crippen LogP contribution in [0.15, 0.2) is 18.2 Å². The molecule has 0 unspecified atom stereocenters. The Balaban J connectivity index is 2.09. The fourth-order valence-electron chi connectivity index (χ4n) is 1.98. The van der Waals surface area contributed by atoms with Crippen molar-refractivity contribution in [3.8, 4) is 0 Å². The van der Waals surface area contributed by atoms with Crippen molar-refractivity contribution in [3.05, 3.63) is 28.8 Å². The number of hydrogen-bond acceptors (Lipinski definition) is 3. The highest BCUT2D eigenvalue weighted by Gasteiger charge is 2.28. The van der Waals surface area contributed by atoms with Crippen LogP contribution < -0.4 is 10.6 Å². The Morgan fingerprint density at radius 3 is 3.06 bits per heavy atom. The van der Waals surface area contributed by atoms with Crippen molar-refractivity contribution >= 4 is 23.2 Å². The van der Waals surface area contributed by atoms with Gasteiger partial charge in [-0.25, -0.2) is 0 Å². The lowest BCUT2D eigenvalue weighted by Crippen LogP contribution is -2.53. The first-order valence-corrected chi connectivity index (χ1v) is 6.38. The Morgan fingerprint density at radius 1 is 1.56 bits per heavy atom. The number of anilines is 1. The molecular formula is C13H17ClN2O2. The SMILES string of the molecule is Cc1c(Cl)cccc1NC(=O)[C@H]1NCCO[C@@H]1C. The lowest BCUT2D eigenvalue weighted by Gasteiger charge is -2.29. The minimum Gasteiger partial charge on any atom is -0.375 e. The smallest absolute Gasteiger partial charge is 0.244 e. The van der Waals surface area contributed by atoms with Crippen molar-refractivity contribution in [1.29, 1.82) is 0 Å². The summed E-state index contributed by atoms with van der Waals surface area (Å²) in [6.45, 7) is 5.10. The van der Waals surface area contributed by atoms with Crippen LogP contribution in [0.1, 0.15) is 12.5 Å². The number of ether oxygens (including phenoxy) is 1. The second-order valence-corrected chi connectivity index (χ2v) is 4.82. The van der Waals surface area contributed by atoms with E-state index < -0.39 is 0 Å². The van der Waals surface area contributed by atoms with Gasteiger partial charge in [-0.15, -0.1) is 0 Å². The van der Waals surface area contributed by atoms with E-state index in [0.29, 0.717) is 18.2 Å². The molecule has 0 bridgehead atoms. The van der Waals surface area contributed by atoms with E-state index in [1.807, 2.05) is 26.0 Å². The van der Waals surface area contributed by atoms with Crippen molar-refractivity contribution in [2.75, 3.05) is 18.5 Å². The topological polar surface area (TPSA) is 50.4 Å². The maximum Gasteiger partial charge on any atom is 0.244 e. The Labute approximate surface area is 112 Å². The molecule has 1 aromatic rings. The Morgan fingerprint density at radius 2 is 2.33 bits per heavy atom. The van der Waals surface area contributed by atoms with Gasteiger partial charge in [0.1, 0.15) is 6.04 Å². The molecule has 1 fully saturated rings. The summed E-state index contributed by atoms with van der Waals surface area (Å²) < 4.78 is 5.45. The van der Waals surface area contributed by atoms with E-state index in [0.717, 1.165) is 11.3 Å². The van der Waals surface area contributed by atoms with Crippen LogP contribution in [0.4, 0.5) is 5.69 Å². The fraction of sp³-hybridized carbons (Fsp3) is 0.462. The van der Waals surface area contributed by atoms with Gasteiger partial charge in [0.25, 0.3) is 0 Å². The molecule has 1 aromatic carbocycles. The molecular weight excluding hydrogens is 252 g/mol. The molecule has 18 heavy (non-hydrogen) atoms. The molecule has 2 N–H and O–H groups in total. The molecule has 1 amide bonds. The van der Waals surface area contributed by atoms with Gasteiger partial charge in [0, 0.05) is 17.3 Å². The first kappa shape index (κ1) is 13.3. The maximum absolute atomic E-state index is 12.1. The van der Waals surface area contributed by atoms with Gasteiger partial charge in [-0.1, -0.05) is 17.7 Å². The molecule has 2 atom stereocenters. The molecule has 98 valence electrons. The van der Waals surface area contributed by atoms with Crippen LogP contribution in [-0.4, -0.2) is 31.2 Å². The third-order valence-electron chi connectivity index (χ3n) is 3.12. The van der Waals surface area contributed by atoms with Crippen molar-refractivity contribution < 1.29 is 9.53 Å². The van der Waals surface area contributed by atoms with Crippen LogP contribution in [0.25, 0.3) is 0 Å². The van der Waals surface area contributed by atoms with Crippen LogP contribution >= 0.6 is 11.6 Å². The van der Waals surface area contributed by atoms with E-state index in [1.165, 1.54) is 0 Å². The highest BCUT2D eigenvalue weighted by atomic mass is 35.5. The summed E-state index contributed by atoms with van der Waals surface area (Å²) in [5.74, 6) is -0.0902. The van der Waals surface area contributed by atoms with Gasteiger partial charge in [-0.3, -0.25) is 4.79 Å². The predicted molar refractivity (Wildman–Crippen MR) is 72.0 cm³/mol. The maximum atomic E-state index is 12.1. The van der Waals surface area contributed by atoms with Gasteiger partial charge in [-0.05, 0) is 31.5 Å². The standard InChI is InChI=1S/C13H17ClN2O2/c1-8-10(14)4-3-5-11(8)16-13(17)12-9(2)18-7-6-15-12/h3-5,9,12,15H,6-7H2,1-2H3,(H,16,17)/t9-,12+/m1/s1. The number of rotatable bonds is 2. The zero-order valence-corrected chi connectivity index (χ0v) is 11.3. The summed E-state index contributed by atoms with van der Waals surface area (Å²) >= 11 is 6.02. The lowest BCUT2D eigenvalue weighted by molar-refractivity contribution is -0.123. The Bertz CT molecular complexity index is 451. The third-order valence-corrected chi connectivity index (χ3v) is 3.53. The van der Waals surface area contributed by atoms with E-state index in [-0.39, 0.29) is 18.1 Å². The van der Waals surface area contributed by atoms with Crippen LogP contribution in [0.5, 0.6) is 0 Å². The summed E-state index contributed by atoms with van der Waals surface area (Å²) in [7, 11) is 0. The average molecular weight is 269 g/mol. The first-order chi connectivity index (χ1) is 8.59. The van der Waals surface area contributed by atoms with E-state index in [1.54, 1.807) is 6.07 Å². The van der Waals surface area contributed by atoms with Crippen molar-refractivity contribution in [3.63, 3.8) is 0 Å². The van der Waals surface area contributed by atoms with Crippen molar-refractivity contribution in [2.45, 2.75) is 26.0 Å². The zero-order chi connectivity index (χ0) is 13.1. The quantitative estimate of drug-likeness (QED) is 0.862. The second kappa shape index (κ2) is 5.69. The number of hydrogen-bond donors (Lipinski definition) is 2. The molecule has 1 heterocycles. The molecule has 4 nitrogen and oxygen atoms in total. The summed E-state index contributed by atoms with van der Waals surface area (Å²) in [5, 5.41) is 6.69. The Kier molecular flexibility index (Phi) is 4.22. The number of morpholine rings is 1. The lowest BCUT2D eigenvalue weighted by atomic mass is 10.1. The molecule has 0 saturated carbocycles. The second-order valence-electron chi connectivity index (χ2n) is 4.41. The number of benzene rings is 1. The van der Waals surface area contributed by atoms with Crippen LogP contribution in [-0.2, 0) is 9.53 Å². The van der Waals surface area contributed by atoms with E-state index >= 15 is 0 Å². The molecule has 5 heteroatoms.